The molecule has 31 heavy (non-hydrogen) atoms. The summed E-state index contributed by atoms with van der Waals surface area (Å²) in [5.74, 6) is -0.791. The molecule has 0 aliphatic heterocycles. The molecule has 1 N–H and O–H groups in total. The smallest absolute Gasteiger partial charge is 0.258 e. The zero-order valence-corrected chi connectivity index (χ0v) is 17.0. The molecule has 0 spiro atoms. The number of hydrogen-bond donors (Lipinski definition) is 1. The first kappa shape index (κ1) is 21.9. The summed E-state index contributed by atoms with van der Waals surface area (Å²) in [4.78, 5) is 36.5. The average molecular weight is 419 g/mol. The summed E-state index contributed by atoms with van der Waals surface area (Å²) in [5, 5.41) is 2.69. The molecule has 0 unspecified atom stereocenters. The summed E-state index contributed by atoms with van der Waals surface area (Å²) >= 11 is 0. The van der Waals surface area contributed by atoms with Crippen molar-refractivity contribution in [1.82, 2.24) is 5.32 Å². The van der Waals surface area contributed by atoms with E-state index >= 15 is 0 Å². The van der Waals surface area contributed by atoms with Crippen LogP contribution in [0, 0.1) is 5.82 Å². The van der Waals surface area contributed by atoms with Crippen LogP contribution in [-0.2, 0) is 16.0 Å². The van der Waals surface area contributed by atoms with Gasteiger partial charge in [0.15, 0.2) is 18.2 Å². The number of hydrogen-bond acceptors (Lipinski definition) is 4. The van der Waals surface area contributed by atoms with Gasteiger partial charge in [0.25, 0.3) is 5.91 Å². The average Bonchev–Trinajstić information content (AvgIpc) is 2.78. The van der Waals surface area contributed by atoms with Crippen molar-refractivity contribution in [1.29, 1.82) is 0 Å². The van der Waals surface area contributed by atoms with Crippen LogP contribution in [-0.4, -0.2) is 30.1 Å². The molecule has 0 aromatic heterocycles. The van der Waals surface area contributed by atoms with E-state index in [0.29, 0.717) is 23.3 Å². The van der Waals surface area contributed by atoms with Crippen molar-refractivity contribution in [3.8, 4) is 5.75 Å². The summed E-state index contributed by atoms with van der Waals surface area (Å²) in [6.45, 7) is 1.18. The van der Waals surface area contributed by atoms with Crippen LogP contribution in [0.1, 0.15) is 28.4 Å². The molecule has 158 valence electrons. The largest absolute Gasteiger partial charge is 0.484 e. The maximum absolute atomic E-state index is 13.0. The van der Waals surface area contributed by atoms with Crippen LogP contribution < -0.4 is 10.1 Å². The van der Waals surface area contributed by atoms with Crippen molar-refractivity contribution in [2.24, 2.45) is 0 Å². The Kier molecular flexibility index (Phi) is 7.27. The third-order valence-corrected chi connectivity index (χ3v) is 4.70. The van der Waals surface area contributed by atoms with E-state index in [-0.39, 0.29) is 18.2 Å². The highest BCUT2D eigenvalue weighted by Gasteiger charge is 2.18. The summed E-state index contributed by atoms with van der Waals surface area (Å²) in [7, 11) is 0. The summed E-state index contributed by atoms with van der Waals surface area (Å²) in [6, 6.07) is 20.4. The molecule has 6 heteroatoms. The third-order valence-electron chi connectivity index (χ3n) is 4.70. The number of ketones is 2. The van der Waals surface area contributed by atoms with Gasteiger partial charge in [0.05, 0.1) is 6.04 Å². The number of nitrogens with one attached hydrogen (secondary N) is 1. The maximum Gasteiger partial charge on any atom is 0.258 e. The predicted octanol–water partition coefficient (Wildman–Crippen LogP) is 3.75. The lowest BCUT2D eigenvalue weighted by molar-refractivity contribution is -0.128. The normalized spacial score (nSPS) is 11.4. The Hall–Kier alpha value is -3.80. The lowest BCUT2D eigenvalue weighted by atomic mass is 10.0. The van der Waals surface area contributed by atoms with E-state index in [2.05, 4.69) is 5.32 Å². The van der Waals surface area contributed by atoms with Crippen LogP contribution in [0.3, 0.4) is 0 Å². The molecule has 3 aromatic carbocycles. The highest BCUT2D eigenvalue weighted by Crippen LogP contribution is 2.16. The molecule has 1 atom stereocenters. The van der Waals surface area contributed by atoms with E-state index in [1.807, 2.05) is 30.3 Å². The Labute approximate surface area is 179 Å². The van der Waals surface area contributed by atoms with E-state index in [1.165, 1.54) is 31.2 Å². The SMILES string of the molecule is CC(=O)[C@H](Cc1ccccc1)NC(=O)COc1ccc(C(=O)c2ccc(F)cc2)cc1. The number of rotatable bonds is 9. The van der Waals surface area contributed by atoms with Gasteiger partial charge in [0.2, 0.25) is 0 Å². The van der Waals surface area contributed by atoms with Crippen LogP contribution in [0.25, 0.3) is 0 Å². The zero-order valence-electron chi connectivity index (χ0n) is 17.0. The molecule has 0 saturated heterocycles. The van der Waals surface area contributed by atoms with Crippen molar-refractivity contribution in [2.45, 2.75) is 19.4 Å². The fourth-order valence-electron chi connectivity index (χ4n) is 3.00. The molecule has 0 saturated carbocycles. The van der Waals surface area contributed by atoms with Gasteiger partial charge in [-0.25, -0.2) is 4.39 Å². The van der Waals surface area contributed by atoms with Gasteiger partial charge in [-0.3, -0.25) is 14.4 Å². The molecule has 3 rings (SSSR count). The highest BCUT2D eigenvalue weighted by atomic mass is 19.1. The summed E-state index contributed by atoms with van der Waals surface area (Å²) < 4.78 is 18.5. The Morgan fingerprint density at radius 1 is 0.871 bits per heavy atom. The molecule has 0 heterocycles. The van der Waals surface area contributed by atoms with Crippen molar-refractivity contribution >= 4 is 17.5 Å². The van der Waals surface area contributed by atoms with Gasteiger partial charge >= 0.3 is 0 Å². The van der Waals surface area contributed by atoms with Crippen LogP contribution in [0.4, 0.5) is 4.39 Å². The lowest BCUT2D eigenvalue weighted by Gasteiger charge is -2.16. The lowest BCUT2D eigenvalue weighted by Crippen LogP contribution is -2.43. The van der Waals surface area contributed by atoms with Crippen LogP contribution >= 0.6 is 0 Å². The molecule has 3 aromatic rings. The van der Waals surface area contributed by atoms with Gasteiger partial charge in [-0.2, -0.15) is 0 Å². The number of Topliss-reactive ketones (excluding diaryl/α,β-unsaturated/α-hetero) is 1. The molecule has 1 amide bonds. The number of carbonyl (C=O) groups excluding carboxylic acids is 3. The van der Waals surface area contributed by atoms with Gasteiger partial charge in [0, 0.05) is 11.1 Å². The molecule has 0 bridgehead atoms. The second kappa shape index (κ2) is 10.3. The molecule has 5 nitrogen and oxygen atoms in total. The number of halogens is 1. The van der Waals surface area contributed by atoms with E-state index in [4.69, 9.17) is 4.74 Å². The summed E-state index contributed by atoms with van der Waals surface area (Å²) in [5.41, 5.74) is 1.75. The van der Waals surface area contributed by atoms with Crippen molar-refractivity contribution in [3.05, 3.63) is 101 Å². The number of benzene rings is 3. The fraction of sp³-hybridized carbons (Fsp3) is 0.160. The second-order valence-electron chi connectivity index (χ2n) is 7.07. The van der Waals surface area contributed by atoms with Crippen molar-refractivity contribution in [3.63, 3.8) is 0 Å². The first-order valence-corrected chi connectivity index (χ1v) is 9.79. The highest BCUT2D eigenvalue weighted by molar-refractivity contribution is 6.09. The number of amides is 1. The topological polar surface area (TPSA) is 72.5 Å². The first-order valence-electron chi connectivity index (χ1n) is 9.79. The van der Waals surface area contributed by atoms with E-state index in [1.54, 1.807) is 24.3 Å². The van der Waals surface area contributed by atoms with Gasteiger partial charge in [-0.05, 0) is 67.4 Å². The molecular formula is C25H22FNO4. The minimum atomic E-state index is -0.630. The van der Waals surface area contributed by atoms with Gasteiger partial charge in [-0.1, -0.05) is 30.3 Å². The quantitative estimate of drug-likeness (QED) is 0.536. The molecule has 0 aliphatic rings. The van der Waals surface area contributed by atoms with Gasteiger partial charge in [-0.15, -0.1) is 0 Å². The maximum atomic E-state index is 13.0. The Bertz CT molecular complexity index is 1050. The summed E-state index contributed by atoms with van der Waals surface area (Å²) in [6.07, 6.45) is 0.405. The molecular weight excluding hydrogens is 397 g/mol. The number of ether oxygens (including phenoxy) is 1. The Morgan fingerprint density at radius 2 is 1.45 bits per heavy atom. The van der Waals surface area contributed by atoms with E-state index in [9.17, 15) is 18.8 Å². The number of carbonyl (C=O) groups is 3. The predicted molar refractivity (Wildman–Crippen MR) is 115 cm³/mol. The Morgan fingerprint density at radius 3 is 2.03 bits per heavy atom. The van der Waals surface area contributed by atoms with Gasteiger partial charge < -0.3 is 10.1 Å². The minimum Gasteiger partial charge on any atom is -0.484 e. The minimum absolute atomic E-state index is 0.138. The van der Waals surface area contributed by atoms with Crippen LogP contribution in [0.2, 0.25) is 0 Å². The van der Waals surface area contributed by atoms with E-state index in [0.717, 1.165) is 5.56 Å². The van der Waals surface area contributed by atoms with Crippen LogP contribution in [0.15, 0.2) is 78.9 Å². The van der Waals surface area contributed by atoms with Crippen LogP contribution in [0.5, 0.6) is 5.75 Å². The molecule has 0 radical (unpaired) electrons. The standard InChI is InChI=1S/C25H22FNO4/c1-17(28)23(15-18-5-3-2-4-6-18)27-24(29)16-31-22-13-9-20(10-14-22)25(30)19-7-11-21(26)12-8-19/h2-14,23H,15-16H2,1H3,(H,27,29)/t23-/m0/s1. The zero-order chi connectivity index (χ0) is 22.2. The van der Waals surface area contributed by atoms with Gasteiger partial charge in [0.1, 0.15) is 11.6 Å². The Balaban J connectivity index is 1.54. The van der Waals surface area contributed by atoms with Crippen molar-refractivity contribution in [2.75, 3.05) is 6.61 Å². The first-order chi connectivity index (χ1) is 14.9. The van der Waals surface area contributed by atoms with Crippen molar-refractivity contribution < 1.29 is 23.5 Å². The molecule has 0 aliphatic carbocycles. The second-order valence-corrected chi connectivity index (χ2v) is 7.07. The fourth-order valence-corrected chi connectivity index (χ4v) is 3.00. The van der Waals surface area contributed by atoms with E-state index < -0.39 is 17.8 Å². The third kappa shape index (κ3) is 6.34. The monoisotopic (exact) mass is 419 g/mol. The molecule has 0 fully saturated rings.